The number of anilines is 1. The topological polar surface area (TPSA) is 12.5 Å². The molecule has 1 aromatic carbocycles. The van der Waals surface area contributed by atoms with E-state index in [2.05, 4.69) is 43.0 Å². The van der Waals surface area contributed by atoms with E-state index in [1.807, 2.05) is 0 Å². The van der Waals surface area contributed by atoms with Crippen molar-refractivity contribution in [1.82, 2.24) is 0 Å². The van der Waals surface area contributed by atoms with Crippen molar-refractivity contribution in [2.24, 2.45) is 0 Å². The SMILES string of the molecule is CCCCCC(CCCCC)[Si]CCCOCCN1CCCc2ccccc21. The van der Waals surface area contributed by atoms with Crippen molar-refractivity contribution in [3.8, 4) is 0 Å². The molecule has 1 aliphatic heterocycles. The predicted molar refractivity (Wildman–Crippen MR) is 125 cm³/mol. The number of hydrogen-bond acceptors (Lipinski definition) is 2. The van der Waals surface area contributed by atoms with Gasteiger partial charge < -0.3 is 9.64 Å². The second-order valence-corrected chi connectivity index (χ2v) is 10.1. The number of fused-ring (bicyclic) bond motifs is 1. The van der Waals surface area contributed by atoms with Gasteiger partial charge in [0.1, 0.15) is 0 Å². The van der Waals surface area contributed by atoms with E-state index in [0.29, 0.717) is 0 Å². The first-order valence-corrected chi connectivity index (χ1v) is 13.3. The molecular weight excluding hydrogens is 358 g/mol. The zero-order chi connectivity index (χ0) is 19.9. The summed E-state index contributed by atoms with van der Waals surface area (Å²) in [5.74, 6) is 0. The Balaban J connectivity index is 1.55. The number of nitrogens with zero attached hydrogens (tertiary/aromatic N) is 1. The fraction of sp³-hybridized carbons (Fsp3) is 0.760. The second-order valence-electron chi connectivity index (χ2n) is 8.33. The van der Waals surface area contributed by atoms with Crippen LogP contribution in [0.15, 0.2) is 24.3 Å². The number of unbranched alkanes of at least 4 members (excludes halogenated alkanes) is 4. The van der Waals surface area contributed by atoms with Gasteiger partial charge in [0.05, 0.1) is 6.61 Å². The molecule has 2 nitrogen and oxygen atoms in total. The Morgan fingerprint density at radius 3 is 2.46 bits per heavy atom. The molecule has 0 atom stereocenters. The average Bonchev–Trinajstić information content (AvgIpc) is 2.73. The van der Waals surface area contributed by atoms with Crippen LogP contribution in [-0.2, 0) is 11.2 Å². The summed E-state index contributed by atoms with van der Waals surface area (Å²) in [6.45, 7) is 8.66. The van der Waals surface area contributed by atoms with Crippen LogP contribution in [0.2, 0.25) is 11.6 Å². The summed E-state index contributed by atoms with van der Waals surface area (Å²) in [5.41, 5.74) is 3.93. The van der Waals surface area contributed by atoms with E-state index in [1.165, 1.54) is 94.5 Å². The van der Waals surface area contributed by atoms with Crippen molar-refractivity contribution in [3.05, 3.63) is 29.8 Å². The Bertz CT molecular complexity index is 497. The van der Waals surface area contributed by atoms with E-state index in [1.54, 1.807) is 0 Å². The minimum Gasteiger partial charge on any atom is -0.380 e. The van der Waals surface area contributed by atoms with Crippen molar-refractivity contribution in [2.75, 3.05) is 31.2 Å². The van der Waals surface area contributed by atoms with Crippen LogP contribution in [0.5, 0.6) is 0 Å². The van der Waals surface area contributed by atoms with Crippen molar-refractivity contribution < 1.29 is 4.74 Å². The summed E-state index contributed by atoms with van der Waals surface area (Å²) in [6, 6.07) is 10.2. The number of rotatable bonds is 16. The Kier molecular flexibility index (Phi) is 12.7. The van der Waals surface area contributed by atoms with Crippen LogP contribution in [0.1, 0.15) is 83.6 Å². The van der Waals surface area contributed by atoms with Crippen molar-refractivity contribution in [2.45, 2.75) is 96.1 Å². The largest absolute Gasteiger partial charge is 0.380 e. The molecule has 0 aliphatic carbocycles. The van der Waals surface area contributed by atoms with Gasteiger partial charge in [-0.25, -0.2) is 0 Å². The molecule has 2 rings (SSSR count). The lowest BCUT2D eigenvalue weighted by Gasteiger charge is -2.31. The normalized spacial score (nSPS) is 13.9. The van der Waals surface area contributed by atoms with Crippen LogP contribution >= 0.6 is 0 Å². The van der Waals surface area contributed by atoms with Gasteiger partial charge in [-0.3, -0.25) is 0 Å². The average molecular weight is 402 g/mol. The van der Waals surface area contributed by atoms with Gasteiger partial charge >= 0.3 is 0 Å². The van der Waals surface area contributed by atoms with Crippen LogP contribution < -0.4 is 4.90 Å². The van der Waals surface area contributed by atoms with E-state index in [4.69, 9.17) is 4.74 Å². The molecule has 0 unspecified atom stereocenters. The standard InChI is InChI=1S/C25H43NOSi/c1-3-5-7-15-24(16-8-6-4-2)28-22-12-20-27-21-19-26-18-11-14-23-13-9-10-17-25(23)26/h9-10,13,17,24H,3-8,11-12,14-16,18-22H2,1-2H3. The van der Waals surface area contributed by atoms with E-state index in [-0.39, 0.29) is 0 Å². The Labute approximate surface area is 177 Å². The maximum absolute atomic E-state index is 5.99. The number of benzene rings is 1. The highest BCUT2D eigenvalue weighted by atomic mass is 28.2. The molecule has 28 heavy (non-hydrogen) atoms. The molecule has 0 amide bonds. The lowest BCUT2D eigenvalue weighted by molar-refractivity contribution is 0.140. The lowest BCUT2D eigenvalue weighted by atomic mass is 10.0. The van der Waals surface area contributed by atoms with Crippen molar-refractivity contribution >= 4 is 15.2 Å². The molecule has 0 saturated carbocycles. The molecule has 0 bridgehead atoms. The highest BCUT2D eigenvalue weighted by Gasteiger charge is 2.15. The molecule has 1 heterocycles. The maximum atomic E-state index is 5.99. The zero-order valence-corrected chi connectivity index (χ0v) is 19.6. The molecule has 0 N–H and O–H groups in total. The van der Waals surface area contributed by atoms with E-state index in [9.17, 15) is 0 Å². The first kappa shape index (κ1) is 23.5. The molecule has 158 valence electrons. The smallest absolute Gasteiger partial charge is 0.0641 e. The van der Waals surface area contributed by atoms with E-state index in [0.717, 1.165) is 34.8 Å². The van der Waals surface area contributed by atoms with Gasteiger partial charge in [0.2, 0.25) is 0 Å². The molecule has 1 aliphatic rings. The second kappa shape index (κ2) is 15.1. The van der Waals surface area contributed by atoms with Crippen molar-refractivity contribution in [3.63, 3.8) is 0 Å². The summed E-state index contributed by atoms with van der Waals surface area (Å²) in [4.78, 5) is 2.51. The minimum absolute atomic E-state index is 0.869. The first-order chi connectivity index (χ1) is 13.8. The minimum atomic E-state index is 0.869. The summed E-state index contributed by atoms with van der Waals surface area (Å²) in [7, 11) is 1.15. The van der Waals surface area contributed by atoms with Crippen LogP contribution in [0.4, 0.5) is 5.69 Å². The Morgan fingerprint density at radius 2 is 1.71 bits per heavy atom. The summed E-state index contributed by atoms with van der Waals surface area (Å²) in [5, 5.41) is 0. The number of ether oxygens (including phenoxy) is 1. The summed E-state index contributed by atoms with van der Waals surface area (Å²) >= 11 is 0. The maximum Gasteiger partial charge on any atom is 0.0641 e. The third kappa shape index (κ3) is 9.13. The van der Waals surface area contributed by atoms with Crippen molar-refractivity contribution in [1.29, 1.82) is 0 Å². The molecule has 1 aromatic rings. The molecule has 0 saturated heterocycles. The molecule has 0 fully saturated rings. The van der Waals surface area contributed by atoms with Crippen LogP contribution in [0.3, 0.4) is 0 Å². The van der Waals surface area contributed by atoms with E-state index >= 15 is 0 Å². The number of aryl methyl sites for hydroxylation is 1. The summed E-state index contributed by atoms with van der Waals surface area (Å²) in [6.07, 6.45) is 15.1. The first-order valence-electron chi connectivity index (χ1n) is 12.0. The van der Waals surface area contributed by atoms with Crippen LogP contribution in [0.25, 0.3) is 0 Å². The van der Waals surface area contributed by atoms with Gasteiger partial charge in [-0.05, 0) is 36.4 Å². The fourth-order valence-corrected chi connectivity index (χ4v) is 5.80. The van der Waals surface area contributed by atoms with Gasteiger partial charge in [0.15, 0.2) is 0 Å². The highest BCUT2D eigenvalue weighted by molar-refractivity contribution is 6.37. The molecule has 0 aromatic heterocycles. The predicted octanol–water partition coefficient (Wildman–Crippen LogP) is 6.92. The summed E-state index contributed by atoms with van der Waals surface area (Å²) < 4.78 is 5.99. The third-order valence-corrected chi connectivity index (χ3v) is 7.72. The third-order valence-electron chi connectivity index (χ3n) is 5.92. The Hall–Kier alpha value is -0.803. The van der Waals surface area contributed by atoms with Crippen LogP contribution in [0, 0.1) is 0 Å². The molecule has 3 heteroatoms. The molecule has 0 spiro atoms. The van der Waals surface area contributed by atoms with Gasteiger partial charge in [0, 0.05) is 34.9 Å². The van der Waals surface area contributed by atoms with E-state index < -0.39 is 0 Å². The monoisotopic (exact) mass is 401 g/mol. The molecular formula is C25H43NOSi. The quantitative estimate of drug-likeness (QED) is 0.220. The number of hydrogen-bond donors (Lipinski definition) is 0. The number of para-hydroxylation sites is 1. The Morgan fingerprint density at radius 1 is 0.964 bits per heavy atom. The zero-order valence-electron chi connectivity index (χ0n) is 18.6. The van der Waals surface area contributed by atoms with Gasteiger partial charge in [-0.1, -0.05) is 89.5 Å². The van der Waals surface area contributed by atoms with Gasteiger partial charge in [0.25, 0.3) is 0 Å². The van der Waals surface area contributed by atoms with Gasteiger partial charge in [-0.2, -0.15) is 0 Å². The molecule has 2 radical (unpaired) electrons. The lowest BCUT2D eigenvalue weighted by Crippen LogP contribution is -2.32. The fourth-order valence-electron chi connectivity index (χ4n) is 4.23. The van der Waals surface area contributed by atoms with Crippen LogP contribution in [-0.4, -0.2) is 35.8 Å². The highest BCUT2D eigenvalue weighted by Crippen LogP contribution is 2.26. The van der Waals surface area contributed by atoms with Gasteiger partial charge in [-0.15, -0.1) is 0 Å².